The Morgan fingerprint density at radius 3 is 2.38 bits per heavy atom. The second kappa shape index (κ2) is 10.3. The second-order valence-electron chi connectivity index (χ2n) is 9.18. The monoisotopic (exact) mass is 455 g/mol. The molecule has 3 aliphatic rings. The van der Waals surface area contributed by atoms with Crippen LogP contribution in [0.4, 0.5) is 4.79 Å². The van der Waals surface area contributed by atoms with Crippen LogP contribution in [0.15, 0.2) is 103 Å². The number of ether oxygens (including phenoxy) is 1. The Morgan fingerprint density at radius 1 is 1.03 bits per heavy atom. The molecule has 0 N–H and O–H groups in total. The molecule has 2 atom stereocenters. The van der Waals surface area contributed by atoms with Gasteiger partial charge < -0.3 is 4.74 Å². The summed E-state index contributed by atoms with van der Waals surface area (Å²) >= 11 is 0. The largest absolute Gasteiger partial charge is 0.439 e. The van der Waals surface area contributed by atoms with E-state index in [1.165, 1.54) is 4.90 Å². The summed E-state index contributed by atoms with van der Waals surface area (Å²) in [5.41, 5.74) is 0.467. The summed E-state index contributed by atoms with van der Waals surface area (Å²) in [4.78, 5) is 26.6. The Labute approximate surface area is 202 Å². The van der Waals surface area contributed by atoms with Crippen LogP contribution in [0, 0.1) is 10.8 Å². The lowest BCUT2D eigenvalue weighted by molar-refractivity contribution is -0.129. The zero-order chi connectivity index (χ0) is 24.0. The molecule has 0 radical (unpaired) electrons. The van der Waals surface area contributed by atoms with Gasteiger partial charge in [0.1, 0.15) is 6.10 Å². The first-order valence-electron chi connectivity index (χ1n) is 12.2. The predicted octanol–water partition coefficient (Wildman–Crippen LogP) is 7.01. The molecule has 4 nitrogen and oxygen atoms in total. The summed E-state index contributed by atoms with van der Waals surface area (Å²) in [6.45, 7) is 3.98. The third-order valence-corrected chi connectivity index (χ3v) is 6.65. The number of nitrogens with zero attached hydrogens (tertiary/aromatic N) is 1. The molecule has 0 unspecified atom stereocenters. The molecule has 176 valence electrons. The molecule has 0 saturated carbocycles. The highest BCUT2D eigenvalue weighted by Gasteiger charge is 2.42. The minimum Gasteiger partial charge on any atom is -0.439 e. The maximum atomic E-state index is 12.9. The minimum atomic E-state index is -0.560. The molecule has 1 aliphatic heterocycles. The maximum Gasteiger partial charge on any atom is 0.417 e. The van der Waals surface area contributed by atoms with Gasteiger partial charge >= 0.3 is 6.09 Å². The lowest BCUT2D eigenvalue weighted by Gasteiger charge is -2.31. The van der Waals surface area contributed by atoms with Gasteiger partial charge in [0.2, 0.25) is 5.91 Å². The van der Waals surface area contributed by atoms with Crippen LogP contribution < -0.4 is 0 Å². The molecule has 1 fully saturated rings. The average Bonchev–Trinajstić information content (AvgIpc) is 3.17. The molecule has 1 spiro atoms. The van der Waals surface area contributed by atoms with Crippen LogP contribution in [0.25, 0.3) is 0 Å². The fourth-order valence-corrected chi connectivity index (χ4v) is 4.69. The van der Waals surface area contributed by atoms with Gasteiger partial charge in [-0.25, -0.2) is 9.69 Å². The number of imide groups is 1. The van der Waals surface area contributed by atoms with E-state index in [1.807, 2.05) is 43.3 Å². The fourth-order valence-electron chi connectivity index (χ4n) is 4.69. The quantitative estimate of drug-likeness (QED) is 0.415. The molecule has 0 aromatic heterocycles. The summed E-state index contributed by atoms with van der Waals surface area (Å²) in [7, 11) is 0. The van der Waals surface area contributed by atoms with Crippen LogP contribution in [0.2, 0.25) is 0 Å². The second-order valence-corrected chi connectivity index (χ2v) is 9.18. The predicted molar refractivity (Wildman–Crippen MR) is 136 cm³/mol. The molecule has 1 saturated heterocycles. The summed E-state index contributed by atoms with van der Waals surface area (Å²) in [6, 6.07) is 9.24. The SMILES string of the molecule is CC/C=C\C1(/C=C\CCC(=O)N2C(=O)O[C@@H](c3ccccc3)[C@H]2C)C=CC2(C=CCC=C2)C=C1. The fraction of sp³-hybridized carbons (Fsp3) is 0.333. The van der Waals surface area contributed by atoms with Gasteiger partial charge in [-0.1, -0.05) is 110 Å². The first kappa shape index (κ1) is 23.7. The van der Waals surface area contributed by atoms with Crippen LogP contribution in [0.3, 0.4) is 0 Å². The van der Waals surface area contributed by atoms with Crippen molar-refractivity contribution in [2.24, 2.45) is 10.8 Å². The van der Waals surface area contributed by atoms with Crippen molar-refractivity contribution in [3.8, 4) is 0 Å². The van der Waals surface area contributed by atoms with Crippen molar-refractivity contribution in [1.29, 1.82) is 0 Å². The van der Waals surface area contributed by atoms with Gasteiger partial charge in [-0.05, 0) is 31.7 Å². The van der Waals surface area contributed by atoms with Gasteiger partial charge in [-0.15, -0.1) is 0 Å². The van der Waals surface area contributed by atoms with Gasteiger partial charge in [0.25, 0.3) is 0 Å². The van der Waals surface area contributed by atoms with Gasteiger partial charge in [-0.3, -0.25) is 4.79 Å². The lowest BCUT2D eigenvalue weighted by atomic mass is 9.73. The van der Waals surface area contributed by atoms with Crippen LogP contribution in [-0.4, -0.2) is 22.9 Å². The Kier molecular flexibility index (Phi) is 7.16. The number of amides is 2. The summed E-state index contributed by atoms with van der Waals surface area (Å²) in [5.74, 6) is -0.204. The van der Waals surface area contributed by atoms with Crippen molar-refractivity contribution in [3.63, 3.8) is 0 Å². The smallest absolute Gasteiger partial charge is 0.417 e. The van der Waals surface area contributed by atoms with Gasteiger partial charge in [0.05, 0.1) is 6.04 Å². The first-order valence-corrected chi connectivity index (χ1v) is 12.2. The average molecular weight is 456 g/mol. The highest BCUT2D eigenvalue weighted by Crippen LogP contribution is 2.39. The van der Waals surface area contributed by atoms with E-state index in [9.17, 15) is 9.59 Å². The number of allylic oxidation sites excluding steroid dienone is 12. The standard InChI is InChI=1S/C30H33NO3/c1-3-4-16-29(20-22-30(23-21-29)17-10-6-11-18-30)19-12-9-15-26(32)31-24(2)27(34-28(31)33)25-13-7-5-8-14-25/h4-5,7-8,10-14,16-24,27H,3,6,9,15H2,1-2H3/b16-4-,19-12-/t24-,27-/m1/s1. The molecule has 2 aliphatic carbocycles. The number of hydrogen-bond donors (Lipinski definition) is 0. The van der Waals surface area contributed by atoms with E-state index in [4.69, 9.17) is 4.74 Å². The topological polar surface area (TPSA) is 46.6 Å². The van der Waals surface area contributed by atoms with Gasteiger partial charge in [-0.2, -0.15) is 0 Å². The molecule has 2 amide bonds. The molecule has 34 heavy (non-hydrogen) atoms. The minimum absolute atomic E-state index is 0.132. The molecule has 4 heteroatoms. The molecule has 1 heterocycles. The Hall–Kier alpha value is -3.40. The van der Waals surface area contributed by atoms with Gasteiger partial charge in [0.15, 0.2) is 0 Å². The number of carbonyl (C=O) groups excluding carboxylic acids is 2. The van der Waals surface area contributed by atoms with E-state index < -0.39 is 12.2 Å². The maximum absolute atomic E-state index is 12.9. The van der Waals surface area contributed by atoms with Gasteiger partial charge in [0, 0.05) is 17.3 Å². The third kappa shape index (κ3) is 5.06. The zero-order valence-electron chi connectivity index (χ0n) is 20.0. The van der Waals surface area contributed by atoms with Crippen molar-refractivity contribution in [2.75, 3.05) is 0 Å². The van der Waals surface area contributed by atoms with E-state index in [1.54, 1.807) is 0 Å². The van der Waals surface area contributed by atoms with E-state index in [0.29, 0.717) is 6.42 Å². The lowest BCUT2D eigenvalue weighted by Crippen LogP contribution is -2.37. The number of rotatable bonds is 7. The van der Waals surface area contributed by atoms with E-state index in [2.05, 4.69) is 73.8 Å². The Morgan fingerprint density at radius 2 is 1.71 bits per heavy atom. The molecule has 4 rings (SSSR count). The highest BCUT2D eigenvalue weighted by atomic mass is 16.6. The molecule has 1 aromatic rings. The van der Waals surface area contributed by atoms with Crippen molar-refractivity contribution in [2.45, 2.75) is 51.7 Å². The van der Waals surface area contributed by atoms with Crippen LogP contribution in [0.5, 0.6) is 0 Å². The normalized spacial score (nSPS) is 24.5. The van der Waals surface area contributed by atoms with Crippen molar-refractivity contribution in [1.82, 2.24) is 4.90 Å². The number of benzene rings is 1. The molecular weight excluding hydrogens is 422 g/mol. The van der Waals surface area contributed by atoms with E-state index >= 15 is 0 Å². The van der Waals surface area contributed by atoms with Crippen molar-refractivity contribution < 1.29 is 14.3 Å². The Balaban J connectivity index is 1.39. The van der Waals surface area contributed by atoms with Crippen LogP contribution >= 0.6 is 0 Å². The van der Waals surface area contributed by atoms with Crippen molar-refractivity contribution in [3.05, 3.63) is 109 Å². The van der Waals surface area contributed by atoms with Crippen LogP contribution in [0.1, 0.15) is 51.2 Å². The summed E-state index contributed by atoms with van der Waals surface area (Å²) < 4.78 is 5.52. The van der Waals surface area contributed by atoms with Crippen molar-refractivity contribution >= 4 is 12.0 Å². The summed E-state index contributed by atoms with van der Waals surface area (Å²) in [5, 5.41) is 0. The molecule has 0 bridgehead atoms. The zero-order valence-corrected chi connectivity index (χ0v) is 20.0. The summed E-state index contributed by atoms with van der Waals surface area (Å²) in [6.07, 6.45) is 28.1. The van der Waals surface area contributed by atoms with Crippen LogP contribution in [-0.2, 0) is 9.53 Å². The Bertz CT molecular complexity index is 1050. The third-order valence-electron chi connectivity index (χ3n) is 6.65. The number of cyclic esters (lactones) is 1. The highest BCUT2D eigenvalue weighted by molar-refractivity contribution is 5.93. The molecular formula is C30H33NO3. The van der Waals surface area contributed by atoms with E-state index in [0.717, 1.165) is 18.4 Å². The first-order chi connectivity index (χ1) is 16.5. The number of carbonyl (C=O) groups is 2. The number of hydrogen-bond acceptors (Lipinski definition) is 3. The molecule has 1 aromatic carbocycles. The van der Waals surface area contributed by atoms with E-state index in [-0.39, 0.29) is 29.2 Å².